The lowest BCUT2D eigenvalue weighted by molar-refractivity contribution is -0.116. The first-order valence-electron chi connectivity index (χ1n) is 6.66. The first-order chi connectivity index (χ1) is 9.02. The molecule has 0 saturated carbocycles. The molecule has 0 aliphatic carbocycles. The Balaban J connectivity index is 0.000000312. The molecule has 0 N–H and O–H groups in total. The summed E-state index contributed by atoms with van der Waals surface area (Å²) in [5.41, 5.74) is 5.19. The third-order valence-electron chi connectivity index (χ3n) is 2.93. The molecular formula is C18H22O. The average Bonchev–Trinajstić information content (AvgIpc) is 2.41. The molecule has 100 valence electrons. The van der Waals surface area contributed by atoms with E-state index in [9.17, 15) is 4.79 Å². The van der Waals surface area contributed by atoms with Gasteiger partial charge in [0.1, 0.15) is 5.78 Å². The van der Waals surface area contributed by atoms with Gasteiger partial charge in [-0.05, 0) is 31.9 Å². The van der Waals surface area contributed by atoms with Crippen LogP contribution in [0, 0.1) is 13.8 Å². The molecule has 0 spiro atoms. The van der Waals surface area contributed by atoms with Crippen LogP contribution in [0.4, 0.5) is 0 Å². The lowest BCUT2D eigenvalue weighted by Gasteiger charge is -2.02. The summed E-state index contributed by atoms with van der Waals surface area (Å²) in [5.74, 6) is 0.255. The van der Waals surface area contributed by atoms with E-state index in [-0.39, 0.29) is 5.78 Å². The zero-order valence-corrected chi connectivity index (χ0v) is 12.2. The lowest BCUT2D eigenvalue weighted by Crippen LogP contribution is -1.80. The predicted octanol–water partition coefficient (Wildman–Crippen LogP) is 4.96. The van der Waals surface area contributed by atoms with Gasteiger partial charge in [-0.1, -0.05) is 66.6 Å². The highest BCUT2D eigenvalue weighted by Gasteiger charge is 1.95. The third-order valence-corrected chi connectivity index (χ3v) is 2.93. The highest BCUT2D eigenvalue weighted by atomic mass is 16.1. The molecule has 0 aromatic heterocycles. The Bertz CT molecular complexity index is 463. The van der Waals surface area contributed by atoms with Crippen LogP contribution >= 0.6 is 0 Å². The van der Waals surface area contributed by atoms with Gasteiger partial charge in [0, 0.05) is 6.42 Å². The summed E-state index contributed by atoms with van der Waals surface area (Å²) < 4.78 is 0. The number of hydrogen-bond acceptors (Lipinski definition) is 1. The molecule has 0 saturated heterocycles. The van der Waals surface area contributed by atoms with Crippen LogP contribution in [0.3, 0.4) is 0 Å². The van der Waals surface area contributed by atoms with Crippen LogP contribution in [0.5, 0.6) is 0 Å². The molecule has 0 radical (unpaired) electrons. The van der Waals surface area contributed by atoms with Crippen LogP contribution in [-0.2, 0) is 4.79 Å². The molecular weight excluding hydrogens is 232 g/mol. The van der Waals surface area contributed by atoms with E-state index in [0.29, 0.717) is 6.42 Å². The molecule has 2 rings (SSSR count). The molecule has 0 atom stereocenters. The fourth-order valence-corrected chi connectivity index (χ4v) is 1.49. The molecule has 19 heavy (non-hydrogen) atoms. The van der Waals surface area contributed by atoms with E-state index >= 15 is 0 Å². The largest absolute Gasteiger partial charge is 0.300 e. The maximum absolute atomic E-state index is 9.81. The van der Waals surface area contributed by atoms with E-state index in [1.807, 2.05) is 6.92 Å². The van der Waals surface area contributed by atoms with Crippen LogP contribution in [0.2, 0.25) is 0 Å². The molecule has 1 heteroatoms. The second kappa shape index (κ2) is 7.52. The van der Waals surface area contributed by atoms with Gasteiger partial charge < -0.3 is 4.79 Å². The predicted molar refractivity (Wildman–Crippen MR) is 82.3 cm³/mol. The lowest BCUT2D eigenvalue weighted by atomic mass is 10.0. The molecule has 1 nitrogen and oxygen atoms in total. The summed E-state index contributed by atoms with van der Waals surface area (Å²) in [7, 11) is 0. The van der Waals surface area contributed by atoms with Crippen LogP contribution in [0.25, 0.3) is 11.1 Å². The van der Waals surface area contributed by atoms with Crippen molar-refractivity contribution in [3.8, 4) is 11.1 Å². The van der Waals surface area contributed by atoms with Gasteiger partial charge in [-0.3, -0.25) is 0 Å². The van der Waals surface area contributed by atoms with Crippen molar-refractivity contribution in [3.05, 3.63) is 59.7 Å². The first kappa shape index (κ1) is 15.2. The minimum absolute atomic E-state index is 0.255. The van der Waals surface area contributed by atoms with E-state index in [2.05, 4.69) is 62.4 Å². The number of ketones is 1. The van der Waals surface area contributed by atoms with Crippen molar-refractivity contribution in [3.63, 3.8) is 0 Å². The van der Waals surface area contributed by atoms with E-state index in [4.69, 9.17) is 0 Å². The zero-order valence-electron chi connectivity index (χ0n) is 12.2. The normalized spacial score (nSPS) is 9.47. The Morgan fingerprint density at radius 3 is 1.26 bits per heavy atom. The van der Waals surface area contributed by atoms with Gasteiger partial charge in [0.05, 0.1) is 0 Å². The summed E-state index contributed by atoms with van der Waals surface area (Å²) in [6.07, 6.45) is 0.667. The fraction of sp³-hybridized carbons (Fsp3) is 0.278. The number of carbonyl (C=O) groups is 1. The van der Waals surface area contributed by atoms with Crippen molar-refractivity contribution in [2.45, 2.75) is 34.1 Å². The Kier molecular flexibility index (Phi) is 6.01. The van der Waals surface area contributed by atoms with Gasteiger partial charge in [0.2, 0.25) is 0 Å². The van der Waals surface area contributed by atoms with Gasteiger partial charge in [0.25, 0.3) is 0 Å². The van der Waals surface area contributed by atoms with Crippen LogP contribution in [0.1, 0.15) is 31.4 Å². The number of benzene rings is 2. The maximum Gasteiger partial charge on any atom is 0.129 e. The summed E-state index contributed by atoms with van der Waals surface area (Å²) >= 11 is 0. The average molecular weight is 254 g/mol. The van der Waals surface area contributed by atoms with Crippen molar-refractivity contribution in [1.29, 1.82) is 0 Å². The first-order valence-corrected chi connectivity index (χ1v) is 6.66. The number of Topliss-reactive ketones (excluding diaryl/α,β-unsaturated/α-hetero) is 1. The van der Waals surface area contributed by atoms with Crippen LogP contribution in [0.15, 0.2) is 48.5 Å². The van der Waals surface area contributed by atoms with Crippen molar-refractivity contribution in [2.24, 2.45) is 0 Å². The van der Waals surface area contributed by atoms with Crippen molar-refractivity contribution in [1.82, 2.24) is 0 Å². The Labute approximate surface area is 116 Å². The van der Waals surface area contributed by atoms with E-state index in [0.717, 1.165) is 0 Å². The molecule has 2 aromatic rings. The third kappa shape index (κ3) is 5.52. The number of hydrogen-bond donors (Lipinski definition) is 0. The van der Waals surface area contributed by atoms with Crippen LogP contribution in [-0.4, -0.2) is 5.78 Å². The van der Waals surface area contributed by atoms with E-state index < -0.39 is 0 Å². The molecule has 0 bridgehead atoms. The summed E-state index contributed by atoms with van der Waals surface area (Å²) in [6, 6.07) is 17.3. The smallest absolute Gasteiger partial charge is 0.129 e. The SMILES string of the molecule is CCC(C)=O.Cc1ccc(-c2ccc(C)cc2)cc1. The second-order valence-corrected chi connectivity index (χ2v) is 4.79. The van der Waals surface area contributed by atoms with E-state index in [1.54, 1.807) is 6.92 Å². The maximum atomic E-state index is 9.81. The van der Waals surface area contributed by atoms with Crippen molar-refractivity contribution < 1.29 is 4.79 Å². The number of rotatable bonds is 2. The Hall–Kier alpha value is -1.89. The summed E-state index contributed by atoms with van der Waals surface area (Å²) in [5, 5.41) is 0. The highest BCUT2D eigenvalue weighted by molar-refractivity contribution is 5.74. The van der Waals surface area contributed by atoms with Gasteiger partial charge in [-0.15, -0.1) is 0 Å². The zero-order chi connectivity index (χ0) is 14.3. The topological polar surface area (TPSA) is 17.1 Å². The van der Waals surface area contributed by atoms with Gasteiger partial charge >= 0.3 is 0 Å². The Morgan fingerprint density at radius 2 is 1.05 bits per heavy atom. The summed E-state index contributed by atoms with van der Waals surface area (Å²) in [4.78, 5) is 9.81. The number of aryl methyl sites for hydroxylation is 2. The molecule has 0 heterocycles. The molecule has 0 aliphatic rings. The quantitative estimate of drug-likeness (QED) is 0.740. The molecule has 0 unspecified atom stereocenters. The second-order valence-electron chi connectivity index (χ2n) is 4.79. The molecule has 0 amide bonds. The van der Waals surface area contributed by atoms with E-state index in [1.165, 1.54) is 22.3 Å². The molecule has 0 aliphatic heterocycles. The monoisotopic (exact) mass is 254 g/mol. The molecule has 0 fully saturated rings. The summed E-state index contributed by atoms with van der Waals surface area (Å²) in [6.45, 7) is 7.65. The standard InChI is InChI=1S/C14H14.C4H8O/c1-11-3-7-13(8-4-11)14-9-5-12(2)6-10-14;1-3-4(2)5/h3-10H,1-2H3;3H2,1-2H3. The van der Waals surface area contributed by atoms with Gasteiger partial charge in [0.15, 0.2) is 0 Å². The van der Waals surface area contributed by atoms with Crippen molar-refractivity contribution >= 4 is 5.78 Å². The van der Waals surface area contributed by atoms with Crippen LogP contribution < -0.4 is 0 Å². The minimum Gasteiger partial charge on any atom is -0.300 e. The van der Waals surface area contributed by atoms with Crippen molar-refractivity contribution in [2.75, 3.05) is 0 Å². The fourth-order valence-electron chi connectivity index (χ4n) is 1.49. The number of carbonyl (C=O) groups excluding carboxylic acids is 1. The minimum atomic E-state index is 0.255. The molecule has 2 aromatic carbocycles. The van der Waals surface area contributed by atoms with Gasteiger partial charge in [-0.2, -0.15) is 0 Å². The van der Waals surface area contributed by atoms with Gasteiger partial charge in [-0.25, -0.2) is 0 Å². The Morgan fingerprint density at radius 1 is 0.789 bits per heavy atom. The highest BCUT2D eigenvalue weighted by Crippen LogP contribution is 2.19.